The fourth-order valence-electron chi connectivity index (χ4n) is 3.47. The molecule has 0 fully saturated rings. The van der Waals surface area contributed by atoms with Gasteiger partial charge in [-0.2, -0.15) is 0 Å². The molecular formula is C22H23NO2. The van der Waals surface area contributed by atoms with Crippen molar-refractivity contribution in [3.05, 3.63) is 76.9 Å². The average molecular weight is 333 g/mol. The van der Waals surface area contributed by atoms with Gasteiger partial charge in [-0.15, -0.1) is 0 Å². The highest BCUT2D eigenvalue weighted by Crippen LogP contribution is 2.32. The number of benzene rings is 1. The molecule has 0 aliphatic heterocycles. The number of aromatic nitrogens is 1. The first-order chi connectivity index (χ1) is 12.3. The summed E-state index contributed by atoms with van der Waals surface area (Å²) in [6, 6.07) is 10.0. The Morgan fingerprint density at radius 1 is 1.12 bits per heavy atom. The second-order valence-corrected chi connectivity index (χ2v) is 6.62. The smallest absolute Gasteiger partial charge is 0.226 e. The van der Waals surface area contributed by atoms with Gasteiger partial charge in [-0.25, -0.2) is 4.98 Å². The summed E-state index contributed by atoms with van der Waals surface area (Å²) >= 11 is 0. The molecule has 2 aliphatic rings. The second kappa shape index (κ2) is 7.14. The molecule has 25 heavy (non-hydrogen) atoms. The maximum absolute atomic E-state index is 5.96. The molecule has 4 rings (SSSR count). The Morgan fingerprint density at radius 2 is 2.00 bits per heavy atom. The van der Waals surface area contributed by atoms with Crippen LogP contribution in [0.5, 0.6) is 0 Å². The largest absolute Gasteiger partial charge is 0.493 e. The van der Waals surface area contributed by atoms with Crippen LogP contribution in [0.1, 0.15) is 37.1 Å². The number of aryl methyl sites for hydroxylation is 1. The van der Waals surface area contributed by atoms with Crippen LogP contribution in [0.3, 0.4) is 0 Å². The highest BCUT2D eigenvalue weighted by atomic mass is 16.5. The molecule has 0 spiro atoms. The minimum atomic E-state index is 0.602. The van der Waals surface area contributed by atoms with E-state index in [1.54, 1.807) is 5.57 Å². The van der Waals surface area contributed by atoms with Crippen molar-refractivity contribution in [3.8, 4) is 11.5 Å². The number of hydrogen-bond donors (Lipinski definition) is 0. The Bertz CT molecular complexity index is 840. The van der Waals surface area contributed by atoms with Crippen LogP contribution >= 0.6 is 0 Å². The zero-order valence-electron chi connectivity index (χ0n) is 14.6. The molecule has 2 aromatic rings. The van der Waals surface area contributed by atoms with Crippen molar-refractivity contribution in [2.45, 2.75) is 39.0 Å². The summed E-state index contributed by atoms with van der Waals surface area (Å²) in [5, 5.41) is 0. The first-order valence-corrected chi connectivity index (χ1v) is 9.03. The van der Waals surface area contributed by atoms with Gasteiger partial charge in [0.1, 0.15) is 11.5 Å². The van der Waals surface area contributed by atoms with Crippen molar-refractivity contribution in [2.75, 3.05) is 6.61 Å². The summed E-state index contributed by atoms with van der Waals surface area (Å²) in [6.45, 7) is 2.59. The van der Waals surface area contributed by atoms with Crippen molar-refractivity contribution in [3.63, 3.8) is 0 Å². The third kappa shape index (κ3) is 3.60. The van der Waals surface area contributed by atoms with Crippen LogP contribution in [0.2, 0.25) is 0 Å². The molecule has 1 aromatic carbocycles. The summed E-state index contributed by atoms with van der Waals surface area (Å²) in [5.74, 6) is 2.55. The maximum atomic E-state index is 5.96. The molecule has 0 radical (unpaired) electrons. The molecule has 1 aromatic heterocycles. The van der Waals surface area contributed by atoms with Crippen molar-refractivity contribution in [2.24, 2.45) is 0 Å². The summed E-state index contributed by atoms with van der Waals surface area (Å²) in [7, 11) is 0. The van der Waals surface area contributed by atoms with Crippen LogP contribution in [0.25, 0.3) is 11.5 Å². The van der Waals surface area contributed by atoms with Crippen LogP contribution in [-0.4, -0.2) is 11.6 Å². The summed E-state index contributed by atoms with van der Waals surface area (Å²) < 4.78 is 11.9. The van der Waals surface area contributed by atoms with Crippen molar-refractivity contribution in [1.82, 2.24) is 4.98 Å². The van der Waals surface area contributed by atoms with E-state index in [0.29, 0.717) is 12.5 Å². The molecule has 0 unspecified atom stereocenters. The monoisotopic (exact) mass is 333 g/mol. The summed E-state index contributed by atoms with van der Waals surface area (Å²) in [4.78, 5) is 4.54. The average Bonchev–Trinajstić information content (AvgIpc) is 3.19. The van der Waals surface area contributed by atoms with Crippen molar-refractivity contribution in [1.29, 1.82) is 0 Å². The normalized spacial score (nSPS) is 16.6. The molecule has 2 aliphatic carbocycles. The van der Waals surface area contributed by atoms with E-state index in [4.69, 9.17) is 9.15 Å². The molecule has 0 N–H and O–H groups in total. The van der Waals surface area contributed by atoms with Crippen LogP contribution in [0.4, 0.5) is 0 Å². The Morgan fingerprint density at radius 3 is 2.88 bits per heavy atom. The molecule has 128 valence electrons. The topological polar surface area (TPSA) is 35.3 Å². The fourth-order valence-corrected chi connectivity index (χ4v) is 3.47. The summed E-state index contributed by atoms with van der Waals surface area (Å²) in [6.07, 6.45) is 12.0. The zero-order valence-corrected chi connectivity index (χ0v) is 14.6. The van der Waals surface area contributed by atoms with E-state index in [0.717, 1.165) is 35.6 Å². The van der Waals surface area contributed by atoms with E-state index in [-0.39, 0.29) is 0 Å². The molecule has 0 saturated carbocycles. The van der Waals surface area contributed by atoms with Gasteiger partial charge < -0.3 is 9.15 Å². The number of nitrogens with zero attached hydrogens (tertiary/aromatic N) is 1. The number of ether oxygens (including phenoxy) is 1. The maximum Gasteiger partial charge on any atom is 0.226 e. The van der Waals surface area contributed by atoms with Crippen LogP contribution in [0.15, 0.2) is 69.9 Å². The lowest BCUT2D eigenvalue weighted by molar-refractivity contribution is 0.221. The van der Waals surface area contributed by atoms with Crippen LogP contribution in [-0.2, 0) is 11.2 Å². The van der Waals surface area contributed by atoms with Crippen LogP contribution < -0.4 is 0 Å². The van der Waals surface area contributed by atoms with E-state index in [1.807, 2.05) is 37.3 Å². The first-order valence-electron chi connectivity index (χ1n) is 9.03. The molecule has 3 nitrogen and oxygen atoms in total. The number of rotatable bonds is 5. The first kappa shape index (κ1) is 15.9. The van der Waals surface area contributed by atoms with Gasteiger partial charge in [-0.05, 0) is 62.5 Å². The highest BCUT2D eigenvalue weighted by molar-refractivity contribution is 5.53. The van der Waals surface area contributed by atoms with Gasteiger partial charge in [0.25, 0.3) is 0 Å². The van der Waals surface area contributed by atoms with Crippen molar-refractivity contribution < 1.29 is 9.15 Å². The van der Waals surface area contributed by atoms with Crippen LogP contribution in [0, 0.1) is 6.92 Å². The highest BCUT2D eigenvalue weighted by Gasteiger charge is 2.15. The molecule has 3 heteroatoms. The van der Waals surface area contributed by atoms with Gasteiger partial charge in [0.05, 0.1) is 12.3 Å². The number of oxazole rings is 1. The lowest BCUT2D eigenvalue weighted by Gasteiger charge is -2.06. The quantitative estimate of drug-likeness (QED) is 0.721. The molecule has 1 heterocycles. The lowest BCUT2D eigenvalue weighted by atomic mass is 10.1. The second-order valence-electron chi connectivity index (χ2n) is 6.62. The van der Waals surface area contributed by atoms with Gasteiger partial charge in [0.15, 0.2) is 0 Å². The van der Waals surface area contributed by atoms with Crippen molar-refractivity contribution >= 4 is 0 Å². The molecular weight excluding hydrogens is 310 g/mol. The molecule has 0 amide bonds. The summed E-state index contributed by atoms with van der Waals surface area (Å²) in [5.41, 5.74) is 5.03. The van der Waals surface area contributed by atoms with E-state index in [9.17, 15) is 0 Å². The van der Waals surface area contributed by atoms with Gasteiger partial charge in [-0.3, -0.25) is 0 Å². The van der Waals surface area contributed by atoms with E-state index in [2.05, 4.69) is 23.2 Å². The zero-order chi connectivity index (χ0) is 17.1. The predicted molar refractivity (Wildman–Crippen MR) is 99.0 cm³/mol. The standard InChI is InChI=1S/C22H23NO2/c1-16-21(25-22(23-16)19-6-3-2-4-7-19)14-15-24-20-12-10-17-8-5-9-18(17)11-13-20/h2-4,6-7,10,12-13H,5,8-9,11,14-15H2,1H3. The Kier molecular flexibility index (Phi) is 4.55. The Hall–Kier alpha value is -2.55. The number of allylic oxidation sites excluding steroid dienone is 5. The molecule has 0 bridgehead atoms. The minimum Gasteiger partial charge on any atom is -0.493 e. The molecule has 0 saturated heterocycles. The van der Waals surface area contributed by atoms with Gasteiger partial charge in [0.2, 0.25) is 5.89 Å². The minimum absolute atomic E-state index is 0.602. The lowest BCUT2D eigenvalue weighted by Crippen LogP contribution is -1.98. The fraction of sp³-hybridized carbons (Fsp3) is 0.318. The van der Waals surface area contributed by atoms with E-state index in [1.165, 1.54) is 24.8 Å². The predicted octanol–water partition coefficient (Wildman–Crippen LogP) is 5.53. The number of hydrogen-bond acceptors (Lipinski definition) is 3. The van der Waals surface area contributed by atoms with Gasteiger partial charge in [0, 0.05) is 12.0 Å². The third-order valence-electron chi connectivity index (χ3n) is 4.89. The van der Waals surface area contributed by atoms with E-state index < -0.39 is 0 Å². The SMILES string of the molecule is Cc1nc(-c2ccccc2)oc1CCOC1=CCC2=C(C=C1)CCC2. The molecule has 0 atom stereocenters. The van der Waals surface area contributed by atoms with Gasteiger partial charge in [-0.1, -0.05) is 29.8 Å². The Balaban J connectivity index is 1.36. The van der Waals surface area contributed by atoms with E-state index >= 15 is 0 Å². The third-order valence-corrected chi connectivity index (χ3v) is 4.89. The Labute approximate surface area is 148 Å². The van der Waals surface area contributed by atoms with Gasteiger partial charge >= 0.3 is 0 Å².